The van der Waals surface area contributed by atoms with E-state index in [1.165, 1.54) is 0 Å². The fraction of sp³-hybridized carbons (Fsp3) is 0.160. The van der Waals surface area contributed by atoms with E-state index in [-0.39, 0.29) is 18.0 Å². The summed E-state index contributed by atoms with van der Waals surface area (Å²) < 4.78 is 5.86. The number of nitrogens with zero attached hydrogens (tertiary/aromatic N) is 2. The Hall–Kier alpha value is -3.64. The molecule has 162 valence electrons. The van der Waals surface area contributed by atoms with E-state index in [4.69, 9.17) is 16.3 Å². The second kappa shape index (κ2) is 9.66. The summed E-state index contributed by atoms with van der Waals surface area (Å²) in [6, 6.07) is 21.4. The number of aromatic nitrogens is 2. The van der Waals surface area contributed by atoms with E-state index in [0.29, 0.717) is 45.4 Å². The van der Waals surface area contributed by atoms with Crippen LogP contribution in [0, 0.1) is 0 Å². The van der Waals surface area contributed by atoms with Gasteiger partial charge in [-0.3, -0.25) is 9.59 Å². The monoisotopic (exact) mass is 447 g/mol. The van der Waals surface area contributed by atoms with E-state index >= 15 is 0 Å². The number of carbonyl (C=O) groups is 1. The smallest absolute Gasteiger partial charge is 0.258 e. The normalized spacial score (nSPS) is 10.8. The second-order valence-electron chi connectivity index (χ2n) is 7.34. The van der Waals surface area contributed by atoms with Gasteiger partial charge in [0.1, 0.15) is 17.3 Å². The lowest BCUT2D eigenvalue weighted by Crippen LogP contribution is -2.32. The number of H-pyrrole nitrogens is 1. The Bertz CT molecular complexity index is 1300. The largest absolute Gasteiger partial charge is 0.457 e. The summed E-state index contributed by atoms with van der Waals surface area (Å²) in [6.07, 6.45) is 0.760. The van der Waals surface area contributed by atoms with Crippen LogP contribution < -0.4 is 10.3 Å². The lowest BCUT2D eigenvalue weighted by Gasteiger charge is -2.22. The standard InChI is InChI=1S/C25H22ClN3O3/c1-2-13-29(16-23-27-22-15-18(26)11-12-21(22)24(30)28-23)25(31)17-7-6-10-20(14-17)32-19-8-4-3-5-9-19/h3-12,14-15H,2,13,16H2,1H3,(H,27,28,30). The van der Waals surface area contributed by atoms with E-state index < -0.39 is 0 Å². The minimum Gasteiger partial charge on any atom is -0.457 e. The number of aromatic amines is 1. The Morgan fingerprint density at radius 2 is 1.81 bits per heavy atom. The molecule has 0 aliphatic carbocycles. The van der Waals surface area contributed by atoms with Gasteiger partial charge < -0.3 is 14.6 Å². The Balaban J connectivity index is 1.59. The number of nitrogens with one attached hydrogen (secondary N) is 1. The molecule has 7 heteroatoms. The van der Waals surface area contributed by atoms with E-state index in [0.717, 1.165) is 6.42 Å². The lowest BCUT2D eigenvalue weighted by atomic mass is 10.1. The molecule has 0 bridgehead atoms. The predicted molar refractivity (Wildman–Crippen MR) is 125 cm³/mol. The lowest BCUT2D eigenvalue weighted by molar-refractivity contribution is 0.0738. The Kier molecular flexibility index (Phi) is 6.52. The maximum absolute atomic E-state index is 13.3. The Morgan fingerprint density at radius 1 is 1.03 bits per heavy atom. The summed E-state index contributed by atoms with van der Waals surface area (Å²) >= 11 is 6.05. The minimum atomic E-state index is -0.260. The zero-order valence-electron chi connectivity index (χ0n) is 17.5. The number of fused-ring (bicyclic) bond motifs is 1. The van der Waals surface area contributed by atoms with Gasteiger partial charge in [-0.1, -0.05) is 42.8 Å². The molecule has 0 spiro atoms. The van der Waals surface area contributed by atoms with Gasteiger partial charge in [-0.05, 0) is 55.0 Å². The van der Waals surface area contributed by atoms with Gasteiger partial charge >= 0.3 is 0 Å². The number of hydrogen-bond donors (Lipinski definition) is 1. The number of halogens is 1. The number of hydrogen-bond acceptors (Lipinski definition) is 4. The van der Waals surface area contributed by atoms with Crippen molar-refractivity contribution in [1.29, 1.82) is 0 Å². The third-order valence-electron chi connectivity index (χ3n) is 4.90. The van der Waals surface area contributed by atoms with Crippen molar-refractivity contribution in [2.75, 3.05) is 6.54 Å². The van der Waals surface area contributed by atoms with Crippen molar-refractivity contribution >= 4 is 28.4 Å². The van der Waals surface area contributed by atoms with Crippen molar-refractivity contribution in [2.45, 2.75) is 19.9 Å². The predicted octanol–water partition coefficient (Wildman–Crippen LogP) is 5.42. The highest BCUT2D eigenvalue weighted by Gasteiger charge is 2.18. The summed E-state index contributed by atoms with van der Waals surface area (Å²) in [4.78, 5) is 34.7. The first kappa shape index (κ1) is 21.6. The second-order valence-corrected chi connectivity index (χ2v) is 7.78. The van der Waals surface area contributed by atoms with Crippen LogP contribution in [0.1, 0.15) is 29.5 Å². The minimum absolute atomic E-state index is 0.167. The molecule has 0 radical (unpaired) electrons. The highest BCUT2D eigenvalue weighted by Crippen LogP contribution is 2.23. The molecule has 0 saturated heterocycles. The fourth-order valence-electron chi connectivity index (χ4n) is 3.44. The van der Waals surface area contributed by atoms with Gasteiger partial charge in [-0.2, -0.15) is 0 Å². The first-order valence-corrected chi connectivity index (χ1v) is 10.7. The molecule has 0 aliphatic heterocycles. The molecule has 6 nitrogen and oxygen atoms in total. The molecular formula is C25H22ClN3O3. The summed E-state index contributed by atoms with van der Waals surface area (Å²) in [5.41, 5.74) is 0.736. The van der Waals surface area contributed by atoms with Crippen molar-refractivity contribution in [3.63, 3.8) is 0 Å². The Morgan fingerprint density at radius 3 is 2.59 bits per heavy atom. The van der Waals surface area contributed by atoms with Crippen LogP contribution in [0.15, 0.2) is 77.6 Å². The van der Waals surface area contributed by atoms with E-state index in [2.05, 4.69) is 9.97 Å². The number of ether oxygens (including phenoxy) is 1. The highest BCUT2D eigenvalue weighted by atomic mass is 35.5. The van der Waals surface area contributed by atoms with Crippen molar-refractivity contribution in [3.05, 3.63) is 99.6 Å². The van der Waals surface area contributed by atoms with E-state index in [9.17, 15) is 9.59 Å². The van der Waals surface area contributed by atoms with Crippen LogP contribution in [-0.2, 0) is 6.54 Å². The quantitative estimate of drug-likeness (QED) is 0.410. The maximum Gasteiger partial charge on any atom is 0.258 e. The SMILES string of the molecule is CCCN(Cc1nc2cc(Cl)ccc2c(=O)[nH]1)C(=O)c1cccc(Oc2ccccc2)c1. The average Bonchev–Trinajstić information content (AvgIpc) is 2.79. The van der Waals surface area contributed by atoms with Crippen LogP contribution in [0.2, 0.25) is 5.02 Å². The van der Waals surface area contributed by atoms with Gasteiger partial charge in [-0.25, -0.2) is 4.98 Å². The molecule has 0 unspecified atom stereocenters. The number of rotatable bonds is 7. The average molecular weight is 448 g/mol. The maximum atomic E-state index is 13.3. The molecular weight excluding hydrogens is 426 g/mol. The molecule has 4 rings (SSSR count). The Labute approximate surface area is 190 Å². The number of para-hydroxylation sites is 1. The van der Waals surface area contributed by atoms with Crippen LogP contribution >= 0.6 is 11.6 Å². The van der Waals surface area contributed by atoms with E-state index in [1.54, 1.807) is 47.4 Å². The van der Waals surface area contributed by atoms with Crippen molar-refractivity contribution in [3.8, 4) is 11.5 Å². The first-order chi connectivity index (χ1) is 15.5. The van der Waals surface area contributed by atoms with Crippen LogP contribution in [-0.4, -0.2) is 27.3 Å². The van der Waals surface area contributed by atoms with Crippen molar-refractivity contribution in [1.82, 2.24) is 14.9 Å². The van der Waals surface area contributed by atoms with Crippen molar-refractivity contribution in [2.24, 2.45) is 0 Å². The van der Waals surface area contributed by atoms with Crippen LogP contribution in [0.4, 0.5) is 0 Å². The molecule has 1 N–H and O–H groups in total. The van der Waals surface area contributed by atoms with Gasteiger partial charge in [-0.15, -0.1) is 0 Å². The van der Waals surface area contributed by atoms with Crippen LogP contribution in [0.3, 0.4) is 0 Å². The first-order valence-electron chi connectivity index (χ1n) is 10.3. The summed E-state index contributed by atoms with van der Waals surface area (Å²) in [6.45, 7) is 2.68. The summed E-state index contributed by atoms with van der Waals surface area (Å²) in [7, 11) is 0. The van der Waals surface area contributed by atoms with Gasteiger partial charge in [0.2, 0.25) is 0 Å². The third-order valence-corrected chi connectivity index (χ3v) is 5.13. The molecule has 0 fully saturated rings. The van der Waals surface area contributed by atoms with Gasteiger partial charge in [0, 0.05) is 17.1 Å². The van der Waals surface area contributed by atoms with Gasteiger partial charge in [0.05, 0.1) is 17.4 Å². The molecule has 0 aliphatic rings. The molecule has 32 heavy (non-hydrogen) atoms. The van der Waals surface area contributed by atoms with Gasteiger partial charge in [0.25, 0.3) is 11.5 Å². The molecule has 0 atom stereocenters. The summed E-state index contributed by atoms with van der Waals surface area (Å²) in [5.74, 6) is 1.51. The molecule has 4 aromatic rings. The zero-order valence-corrected chi connectivity index (χ0v) is 18.3. The topological polar surface area (TPSA) is 75.3 Å². The molecule has 3 aromatic carbocycles. The van der Waals surface area contributed by atoms with Crippen LogP contribution in [0.25, 0.3) is 10.9 Å². The van der Waals surface area contributed by atoms with E-state index in [1.807, 2.05) is 37.3 Å². The molecule has 1 amide bonds. The van der Waals surface area contributed by atoms with Crippen molar-refractivity contribution < 1.29 is 9.53 Å². The third kappa shape index (κ3) is 4.98. The molecule has 1 heterocycles. The molecule has 1 aromatic heterocycles. The van der Waals surface area contributed by atoms with Crippen LogP contribution in [0.5, 0.6) is 11.5 Å². The van der Waals surface area contributed by atoms with Gasteiger partial charge in [0.15, 0.2) is 0 Å². The zero-order chi connectivity index (χ0) is 22.5. The molecule has 0 saturated carbocycles. The number of benzene rings is 3. The summed E-state index contributed by atoms with van der Waals surface area (Å²) in [5, 5.41) is 0.954. The number of amides is 1. The number of carbonyl (C=O) groups excluding carboxylic acids is 1. The fourth-order valence-corrected chi connectivity index (χ4v) is 3.61. The highest BCUT2D eigenvalue weighted by molar-refractivity contribution is 6.31.